The van der Waals surface area contributed by atoms with Crippen LogP contribution in [0.1, 0.15) is 30.5 Å². The van der Waals surface area contributed by atoms with Crippen LogP contribution in [0.5, 0.6) is 17.2 Å². The second kappa shape index (κ2) is 7.70. The molecule has 0 unspecified atom stereocenters. The van der Waals surface area contributed by atoms with E-state index < -0.39 is 0 Å². The van der Waals surface area contributed by atoms with E-state index in [1.54, 1.807) is 27.5 Å². The van der Waals surface area contributed by atoms with Crippen molar-refractivity contribution >= 4 is 12.1 Å². The van der Waals surface area contributed by atoms with Crippen molar-refractivity contribution in [1.82, 2.24) is 5.43 Å². The maximum absolute atomic E-state index is 5.44. The Kier molecular flexibility index (Phi) is 5.35. The molecule has 0 amide bonds. The van der Waals surface area contributed by atoms with Crippen molar-refractivity contribution in [3.8, 4) is 17.2 Å². The molecule has 6 nitrogen and oxygen atoms in total. The van der Waals surface area contributed by atoms with E-state index in [-0.39, 0.29) is 5.54 Å². The summed E-state index contributed by atoms with van der Waals surface area (Å²) in [6.07, 6.45) is 2.57. The van der Waals surface area contributed by atoms with E-state index in [0.717, 1.165) is 34.6 Å². The molecule has 3 rings (SSSR count). The molecule has 0 aromatic heterocycles. The number of nitrogens with one attached hydrogen (secondary N) is 1. The predicted molar refractivity (Wildman–Crippen MR) is 108 cm³/mol. The van der Waals surface area contributed by atoms with Gasteiger partial charge in [-0.1, -0.05) is 0 Å². The number of hydrazone groups is 1. The number of fused-ring (bicyclic) bond motifs is 1. The van der Waals surface area contributed by atoms with Gasteiger partial charge in [-0.15, -0.1) is 0 Å². The number of hydrogen-bond acceptors (Lipinski definition) is 6. The molecule has 0 spiro atoms. The number of benzene rings is 2. The molecule has 27 heavy (non-hydrogen) atoms. The second-order valence-electron chi connectivity index (χ2n) is 6.96. The molecule has 1 N–H and O–H groups in total. The van der Waals surface area contributed by atoms with Crippen LogP contribution < -0.4 is 19.6 Å². The van der Waals surface area contributed by atoms with Crippen LogP contribution in [-0.2, 0) is 6.42 Å². The first kappa shape index (κ1) is 18.8. The zero-order chi connectivity index (χ0) is 19.4. The van der Waals surface area contributed by atoms with Crippen LogP contribution in [0.3, 0.4) is 0 Å². The first-order valence-electron chi connectivity index (χ1n) is 8.74. The Morgan fingerprint density at radius 3 is 2.30 bits per heavy atom. The topological polar surface area (TPSA) is 64.4 Å². The van der Waals surface area contributed by atoms with Crippen LogP contribution in [-0.4, -0.2) is 38.9 Å². The highest BCUT2D eigenvalue weighted by molar-refractivity contribution is 6.02. The average Bonchev–Trinajstić information content (AvgIpc) is 2.66. The van der Waals surface area contributed by atoms with Gasteiger partial charge in [-0.25, -0.2) is 0 Å². The maximum atomic E-state index is 5.44. The van der Waals surface area contributed by atoms with Crippen LogP contribution in [0.15, 0.2) is 46.5 Å². The van der Waals surface area contributed by atoms with Crippen molar-refractivity contribution in [1.29, 1.82) is 0 Å². The fraction of sp³-hybridized carbons (Fsp3) is 0.333. The van der Waals surface area contributed by atoms with Crippen molar-refractivity contribution in [2.45, 2.75) is 25.8 Å². The van der Waals surface area contributed by atoms with Crippen molar-refractivity contribution in [2.75, 3.05) is 21.3 Å². The van der Waals surface area contributed by atoms with E-state index in [1.165, 1.54) is 0 Å². The molecule has 142 valence electrons. The van der Waals surface area contributed by atoms with Crippen molar-refractivity contribution < 1.29 is 14.2 Å². The van der Waals surface area contributed by atoms with Crippen LogP contribution in [0, 0.1) is 0 Å². The predicted octanol–water partition coefficient (Wildman–Crippen LogP) is 3.42. The molecule has 1 aliphatic heterocycles. The third-order valence-corrected chi connectivity index (χ3v) is 4.40. The number of amidine groups is 1. The monoisotopic (exact) mass is 367 g/mol. The van der Waals surface area contributed by atoms with Crippen LogP contribution >= 0.6 is 0 Å². The maximum Gasteiger partial charge on any atom is 0.161 e. The number of rotatable bonds is 5. The van der Waals surface area contributed by atoms with Crippen molar-refractivity contribution in [3.05, 3.63) is 53.1 Å². The van der Waals surface area contributed by atoms with Crippen LogP contribution in [0.4, 0.5) is 0 Å². The summed E-state index contributed by atoms with van der Waals surface area (Å²) in [5.41, 5.74) is 5.94. The minimum absolute atomic E-state index is 0.232. The van der Waals surface area contributed by atoms with E-state index in [2.05, 4.69) is 24.4 Å². The third-order valence-electron chi connectivity index (χ3n) is 4.40. The van der Waals surface area contributed by atoms with Gasteiger partial charge in [0.15, 0.2) is 11.5 Å². The Balaban J connectivity index is 1.87. The van der Waals surface area contributed by atoms with Crippen LogP contribution in [0.2, 0.25) is 0 Å². The number of methoxy groups -OCH3 is 3. The standard InChI is InChI=1S/C21H25N3O3/c1-21(2)12-15-10-18(26-4)19(27-5)11-17(15)20(23-21)24-22-13-14-6-8-16(25-3)9-7-14/h6-11,13H,12H2,1-5H3,(H,23,24)/b22-13+. The second-order valence-corrected chi connectivity index (χ2v) is 6.96. The SMILES string of the molecule is COc1ccc(/C=N/NC2=NC(C)(C)Cc3cc(OC)c(OC)cc32)cc1. The molecule has 0 atom stereocenters. The molecule has 0 fully saturated rings. The molecule has 2 aromatic rings. The summed E-state index contributed by atoms with van der Waals surface area (Å²) in [4.78, 5) is 4.82. The molecular formula is C21H25N3O3. The lowest BCUT2D eigenvalue weighted by Crippen LogP contribution is -2.34. The minimum Gasteiger partial charge on any atom is -0.497 e. The molecule has 1 heterocycles. The Bertz CT molecular complexity index is 871. The average molecular weight is 367 g/mol. The fourth-order valence-electron chi connectivity index (χ4n) is 3.10. The Morgan fingerprint density at radius 1 is 1.00 bits per heavy atom. The van der Waals surface area contributed by atoms with Gasteiger partial charge in [0.25, 0.3) is 0 Å². The smallest absolute Gasteiger partial charge is 0.161 e. The molecule has 0 radical (unpaired) electrons. The van der Waals surface area contributed by atoms with Gasteiger partial charge in [0, 0.05) is 5.56 Å². The molecule has 0 saturated carbocycles. The number of aliphatic imine (C=N–C) groups is 1. The van der Waals surface area contributed by atoms with Gasteiger partial charge >= 0.3 is 0 Å². The van der Waals surface area contributed by atoms with E-state index in [0.29, 0.717) is 11.6 Å². The summed E-state index contributed by atoms with van der Waals surface area (Å²) in [7, 11) is 4.92. The number of ether oxygens (including phenoxy) is 3. The summed E-state index contributed by atoms with van der Waals surface area (Å²) in [6, 6.07) is 11.6. The Hall–Kier alpha value is -3.02. The zero-order valence-electron chi connectivity index (χ0n) is 16.4. The zero-order valence-corrected chi connectivity index (χ0v) is 16.4. The molecule has 1 aliphatic rings. The molecular weight excluding hydrogens is 342 g/mol. The molecule has 0 bridgehead atoms. The molecule has 6 heteroatoms. The lowest BCUT2D eigenvalue weighted by atomic mass is 9.88. The van der Waals surface area contributed by atoms with Gasteiger partial charge in [0.05, 0.1) is 33.1 Å². The summed E-state index contributed by atoms with van der Waals surface area (Å²) >= 11 is 0. The van der Waals surface area contributed by atoms with Gasteiger partial charge in [-0.05, 0) is 67.8 Å². The Morgan fingerprint density at radius 2 is 1.67 bits per heavy atom. The lowest BCUT2D eigenvalue weighted by Gasteiger charge is -2.29. The van der Waals surface area contributed by atoms with Crippen LogP contribution in [0.25, 0.3) is 0 Å². The van der Waals surface area contributed by atoms with Gasteiger partial charge in [-0.3, -0.25) is 10.4 Å². The van der Waals surface area contributed by atoms with Gasteiger partial charge in [0.2, 0.25) is 0 Å². The summed E-state index contributed by atoms with van der Waals surface area (Å²) in [6.45, 7) is 4.20. The molecule has 2 aromatic carbocycles. The quantitative estimate of drug-likeness (QED) is 0.650. The Labute approximate surface area is 159 Å². The number of nitrogens with zero attached hydrogens (tertiary/aromatic N) is 2. The van der Waals surface area contributed by atoms with Crippen molar-refractivity contribution in [3.63, 3.8) is 0 Å². The lowest BCUT2D eigenvalue weighted by molar-refractivity contribution is 0.353. The van der Waals surface area contributed by atoms with Crippen molar-refractivity contribution in [2.24, 2.45) is 10.1 Å². The van der Waals surface area contributed by atoms with E-state index in [9.17, 15) is 0 Å². The van der Waals surface area contributed by atoms with Gasteiger partial charge in [-0.2, -0.15) is 5.10 Å². The largest absolute Gasteiger partial charge is 0.497 e. The van der Waals surface area contributed by atoms with E-state index in [4.69, 9.17) is 19.2 Å². The number of hydrogen-bond donors (Lipinski definition) is 1. The minimum atomic E-state index is -0.232. The van der Waals surface area contributed by atoms with E-state index >= 15 is 0 Å². The molecule has 0 saturated heterocycles. The summed E-state index contributed by atoms with van der Waals surface area (Å²) in [5, 5.41) is 4.36. The molecule has 0 aliphatic carbocycles. The highest BCUT2D eigenvalue weighted by Crippen LogP contribution is 2.35. The normalized spacial score (nSPS) is 15.1. The summed E-state index contributed by atoms with van der Waals surface area (Å²) in [5.74, 6) is 2.92. The fourth-order valence-corrected chi connectivity index (χ4v) is 3.10. The van der Waals surface area contributed by atoms with E-state index in [1.807, 2.05) is 36.4 Å². The first-order valence-corrected chi connectivity index (χ1v) is 8.74. The first-order chi connectivity index (χ1) is 13.0. The highest BCUT2D eigenvalue weighted by atomic mass is 16.5. The highest BCUT2D eigenvalue weighted by Gasteiger charge is 2.28. The third kappa shape index (κ3) is 4.22. The summed E-state index contributed by atoms with van der Waals surface area (Å²) < 4.78 is 16.0. The van der Waals surface area contributed by atoms with Gasteiger partial charge in [0.1, 0.15) is 11.6 Å². The van der Waals surface area contributed by atoms with Gasteiger partial charge < -0.3 is 14.2 Å².